The van der Waals surface area contributed by atoms with Gasteiger partial charge in [-0.05, 0) is 52.1 Å². The van der Waals surface area contributed by atoms with E-state index in [9.17, 15) is 0 Å². The number of nitrogens with two attached hydrogens (primary N) is 1. The summed E-state index contributed by atoms with van der Waals surface area (Å²) in [4.78, 5) is 2.58. The van der Waals surface area contributed by atoms with Crippen LogP contribution in [0.25, 0.3) is 0 Å². The Morgan fingerprint density at radius 2 is 2.06 bits per heavy atom. The van der Waals surface area contributed by atoms with E-state index < -0.39 is 0 Å². The van der Waals surface area contributed by atoms with Gasteiger partial charge in [-0.25, -0.2) is 0 Å². The summed E-state index contributed by atoms with van der Waals surface area (Å²) >= 11 is 0. The molecule has 0 saturated carbocycles. The quantitative estimate of drug-likeness (QED) is 0.725. The van der Waals surface area contributed by atoms with Gasteiger partial charge in [0.05, 0.1) is 12.7 Å². The van der Waals surface area contributed by atoms with Crippen LogP contribution >= 0.6 is 0 Å². The molecule has 1 heterocycles. The Kier molecular flexibility index (Phi) is 7.87. The van der Waals surface area contributed by atoms with Gasteiger partial charge in [0.1, 0.15) is 0 Å². The molecule has 3 nitrogen and oxygen atoms in total. The van der Waals surface area contributed by atoms with E-state index in [1.165, 1.54) is 38.6 Å². The van der Waals surface area contributed by atoms with Crippen LogP contribution in [0.1, 0.15) is 52.9 Å². The number of hydrogen-bond acceptors (Lipinski definition) is 3. The van der Waals surface area contributed by atoms with Gasteiger partial charge in [0.2, 0.25) is 0 Å². The van der Waals surface area contributed by atoms with Crippen LogP contribution in [-0.4, -0.2) is 43.3 Å². The molecule has 0 radical (unpaired) electrons. The van der Waals surface area contributed by atoms with Crippen LogP contribution in [0.15, 0.2) is 0 Å². The molecule has 3 heteroatoms. The first-order chi connectivity index (χ1) is 8.67. The van der Waals surface area contributed by atoms with Crippen molar-refractivity contribution in [2.45, 2.75) is 65.0 Å². The number of rotatable bonds is 8. The Balaban J connectivity index is 2.21. The smallest absolute Gasteiger partial charge is 0.0674 e. The van der Waals surface area contributed by atoms with Gasteiger partial charge in [-0.3, -0.25) is 4.90 Å². The predicted molar refractivity (Wildman–Crippen MR) is 77.8 cm³/mol. The molecule has 0 aromatic rings. The molecule has 1 aliphatic heterocycles. The van der Waals surface area contributed by atoms with Gasteiger partial charge in [-0.1, -0.05) is 19.8 Å². The fourth-order valence-corrected chi connectivity index (χ4v) is 2.94. The summed E-state index contributed by atoms with van der Waals surface area (Å²) in [5, 5.41) is 0. The molecule has 0 aliphatic carbocycles. The zero-order valence-electron chi connectivity index (χ0n) is 12.5. The van der Waals surface area contributed by atoms with E-state index in [0.717, 1.165) is 25.6 Å². The van der Waals surface area contributed by atoms with Gasteiger partial charge in [0.25, 0.3) is 0 Å². The summed E-state index contributed by atoms with van der Waals surface area (Å²) in [5.74, 6) is 0.841. The molecule has 1 fully saturated rings. The zero-order valence-corrected chi connectivity index (χ0v) is 12.5. The fraction of sp³-hybridized carbons (Fsp3) is 1.00. The maximum atomic E-state index is 5.69. The zero-order chi connectivity index (χ0) is 13.4. The van der Waals surface area contributed by atoms with Crippen LogP contribution in [0.2, 0.25) is 0 Å². The van der Waals surface area contributed by atoms with Crippen molar-refractivity contribution in [3.05, 3.63) is 0 Å². The third kappa shape index (κ3) is 5.68. The molecule has 18 heavy (non-hydrogen) atoms. The van der Waals surface area contributed by atoms with Crippen molar-refractivity contribution in [3.63, 3.8) is 0 Å². The van der Waals surface area contributed by atoms with Crippen molar-refractivity contribution < 1.29 is 4.74 Å². The van der Waals surface area contributed by atoms with Crippen LogP contribution < -0.4 is 5.73 Å². The summed E-state index contributed by atoms with van der Waals surface area (Å²) in [5.41, 5.74) is 5.69. The third-order valence-electron chi connectivity index (χ3n) is 4.07. The molecule has 1 rings (SSSR count). The number of morpholine rings is 1. The van der Waals surface area contributed by atoms with Crippen molar-refractivity contribution >= 4 is 0 Å². The highest BCUT2D eigenvalue weighted by molar-refractivity contribution is 4.75. The summed E-state index contributed by atoms with van der Waals surface area (Å²) < 4.78 is 5.67. The molecular weight excluding hydrogens is 224 g/mol. The third-order valence-corrected chi connectivity index (χ3v) is 4.07. The summed E-state index contributed by atoms with van der Waals surface area (Å²) in [7, 11) is 0. The van der Waals surface area contributed by atoms with Crippen molar-refractivity contribution in [2.24, 2.45) is 11.7 Å². The largest absolute Gasteiger partial charge is 0.376 e. The maximum absolute atomic E-state index is 5.69. The molecule has 0 spiro atoms. The lowest BCUT2D eigenvalue weighted by Crippen LogP contribution is -2.47. The second-order valence-corrected chi connectivity index (χ2v) is 5.86. The summed E-state index contributed by atoms with van der Waals surface area (Å²) in [6.07, 6.45) is 6.87. The average molecular weight is 256 g/mol. The second-order valence-electron chi connectivity index (χ2n) is 5.86. The molecule has 1 aliphatic rings. The second kappa shape index (κ2) is 8.89. The van der Waals surface area contributed by atoms with E-state index >= 15 is 0 Å². The molecule has 0 aromatic carbocycles. The van der Waals surface area contributed by atoms with Crippen LogP contribution in [0, 0.1) is 5.92 Å². The lowest BCUT2D eigenvalue weighted by molar-refractivity contribution is -0.0499. The molecule has 0 amide bonds. The molecule has 3 atom stereocenters. The molecule has 3 unspecified atom stereocenters. The molecule has 0 bridgehead atoms. The summed E-state index contributed by atoms with van der Waals surface area (Å²) in [6.45, 7) is 10.8. The molecule has 2 N–H and O–H groups in total. The Morgan fingerprint density at radius 1 is 1.28 bits per heavy atom. The first-order valence-corrected chi connectivity index (χ1v) is 7.73. The fourth-order valence-electron chi connectivity index (χ4n) is 2.94. The SMILES string of the molecule is CCCC(CCN)CCCN1CC(C)OCC1C. The van der Waals surface area contributed by atoms with Crippen LogP contribution in [0.4, 0.5) is 0 Å². The lowest BCUT2D eigenvalue weighted by atomic mass is 9.94. The molecule has 108 valence electrons. The van der Waals surface area contributed by atoms with E-state index in [4.69, 9.17) is 10.5 Å². The number of nitrogens with zero attached hydrogens (tertiary/aromatic N) is 1. The van der Waals surface area contributed by atoms with E-state index in [1.807, 2.05) is 0 Å². The van der Waals surface area contributed by atoms with E-state index in [1.54, 1.807) is 0 Å². The van der Waals surface area contributed by atoms with Crippen LogP contribution in [0.3, 0.4) is 0 Å². The normalized spacial score (nSPS) is 27.3. The minimum Gasteiger partial charge on any atom is -0.376 e. The molecule has 1 saturated heterocycles. The Morgan fingerprint density at radius 3 is 2.72 bits per heavy atom. The highest BCUT2D eigenvalue weighted by Crippen LogP contribution is 2.19. The topological polar surface area (TPSA) is 38.5 Å². The van der Waals surface area contributed by atoms with Gasteiger partial charge < -0.3 is 10.5 Å². The first-order valence-electron chi connectivity index (χ1n) is 7.73. The number of hydrogen-bond donors (Lipinski definition) is 1. The minimum absolute atomic E-state index is 0.400. The van der Waals surface area contributed by atoms with Gasteiger partial charge in [0, 0.05) is 12.6 Å². The Labute approximate surface area is 113 Å². The minimum atomic E-state index is 0.400. The highest BCUT2D eigenvalue weighted by Gasteiger charge is 2.22. The van der Waals surface area contributed by atoms with Gasteiger partial charge in [-0.2, -0.15) is 0 Å². The standard InChI is InChI=1S/C15H32N2O/c1-4-6-15(8-9-16)7-5-10-17-11-14(3)18-12-13(17)2/h13-15H,4-12,16H2,1-3H3. The van der Waals surface area contributed by atoms with Crippen molar-refractivity contribution in [1.29, 1.82) is 0 Å². The monoisotopic (exact) mass is 256 g/mol. The Bertz CT molecular complexity index is 205. The Hall–Kier alpha value is -0.120. The first kappa shape index (κ1) is 15.9. The maximum Gasteiger partial charge on any atom is 0.0674 e. The highest BCUT2D eigenvalue weighted by atomic mass is 16.5. The van der Waals surface area contributed by atoms with Crippen molar-refractivity contribution in [2.75, 3.05) is 26.2 Å². The lowest BCUT2D eigenvalue weighted by Gasteiger charge is -2.37. The average Bonchev–Trinajstić information content (AvgIpc) is 2.34. The van der Waals surface area contributed by atoms with Crippen LogP contribution in [-0.2, 0) is 4.74 Å². The van der Waals surface area contributed by atoms with E-state index in [2.05, 4.69) is 25.7 Å². The van der Waals surface area contributed by atoms with E-state index in [-0.39, 0.29) is 0 Å². The van der Waals surface area contributed by atoms with Crippen molar-refractivity contribution in [1.82, 2.24) is 4.90 Å². The predicted octanol–water partition coefficient (Wildman–Crippen LogP) is 2.64. The van der Waals surface area contributed by atoms with Crippen LogP contribution in [0.5, 0.6) is 0 Å². The van der Waals surface area contributed by atoms with Crippen molar-refractivity contribution in [3.8, 4) is 0 Å². The summed E-state index contributed by atoms with van der Waals surface area (Å²) in [6, 6.07) is 0.584. The number of ether oxygens (including phenoxy) is 1. The van der Waals surface area contributed by atoms with Gasteiger partial charge in [0.15, 0.2) is 0 Å². The molecular formula is C15H32N2O. The van der Waals surface area contributed by atoms with Gasteiger partial charge in [-0.15, -0.1) is 0 Å². The van der Waals surface area contributed by atoms with E-state index in [0.29, 0.717) is 12.1 Å². The van der Waals surface area contributed by atoms with Gasteiger partial charge >= 0.3 is 0 Å². The molecule has 0 aromatic heterocycles.